The predicted octanol–water partition coefficient (Wildman–Crippen LogP) is 12.1. The van der Waals surface area contributed by atoms with E-state index in [0.717, 1.165) is 45.6 Å². The first-order chi connectivity index (χ1) is 26.4. The largest absolute Gasteiger partial charge is 0.365 e. The first-order valence-corrected chi connectivity index (χ1v) is 18.5. The molecule has 7 aromatic carbocycles. The highest BCUT2D eigenvalue weighted by atomic mass is 15.0. The Bertz CT molecular complexity index is 2740. The molecule has 1 aliphatic rings. The zero-order valence-corrected chi connectivity index (χ0v) is 31.0. The van der Waals surface area contributed by atoms with Crippen LogP contribution in [0.3, 0.4) is 0 Å². The average molecular weight is 697 g/mol. The first-order valence-electron chi connectivity index (χ1n) is 18.5. The zero-order chi connectivity index (χ0) is 36.8. The quantitative estimate of drug-likeness (QED) is 0.176. The van der Waals surface area contributed by atoms with E-state index >= 15 is 0 Å². The van der Waals surface area contributed by atoms with E-state index in [1.165, 1.54) is 66.2 Å². The van der Waals surface area contributed by atoms with Gasteiger partial charge >= 0.3 is 0 Å². The van der Waals surface area contributed by atoms with E-state index in [0.29, 0.717) is 5.82 Å². The predicted molar refractivity (Wildman–Crippen MR) is 227 cm³/mol. The van der Waals surface area contributed by atoms with Gasteiger partial charge in [-0.2, -0.15) is 0 Å². The third kappa shape index (κ3) is 6.26. The minimum absolute atomic E-state index is 0.704. The molecular weight excluding hydrogens is 657 g/mol. The highest BCUT2D eigenvalue weighted by Crippen LogP contribution is 2.45. The van der Waals surface area contributed by atoms with Gasteiger partial charge in [-0.25, -0.2) is 15.0 Å². The van der Waals surface area contributed by atoms with Crippen LogP contribution in [0.4, 0.5) is 0 Å². The third-order valence-corrected chi connectivity index (χ3v) is 10.4. The molecule has 8 aromatic rings. The lowest BCUT2D eigenvalue weighted by molar-refractivity contribution is 1.03. The summed E-state index contributed by atoms with van der Waals surface area (Å²) in [6.45, 7) is 9.26. The molecule has 0 saturated carbocycles. The molecule has 0 atom stereocenters. The number of nitrogens with zero attached hydrogens (tertiary/aromatic N) is 3. The summed E-state index contributed by atoms with van der Waals surface area (Å²) in [5.41, 5.74) is 16.3. The van der Waals surface area contributed by atoms with Gasteiger partial charge < -0.3 is 5.32 Å². The molecule has 4 nitrogen and oxygen atoms in total. The second kappa shape index (κ2) is 13.7. The Morgan fingerprint density at radius 1 is 0.426 bits per heavy atom. The SMILES string of the molecule is Cc1cc(C)cc(C2=CN=C(c3ccc4c(-c5ccccc5)c5cc(-c6ncc(-c7cc(C)cc(C)c7)cn6)ccc5c(-c5ccccc5)c4c3)NC2)c1. The summed E-state index contributed by atoms with van der Waals surface area (Å²) >= 11 is 0. The van der Waals surface area contributed by atoms with Gasteiger partial charge in [0.15, 0.2) is 5.82 Å². The van der Waals surface area contributed by atoms with E-state index in [4.69, 9.17) is 15.0 Å². The monoisotopic (exact) mass is 696 g/mol. The Hall–Kier alpha value is -6.65. The molecule has 0 aliphatic carbocycles. The van der Waals surface area contributed by atoms with Crippen molar-refractivity contribution in [1.82, 2.24) is 15.3 Å². The lowest BCUT2D eigenvalue weighted by Crippen LogP contribution is -2.28. The van der Waals surface area contributed by atoms with Crippen molar-refractivity contribution in [2.45, 2.75) is 27.7 Å². The number of aromatic nitrogens is 2. The normalized spacial score (nSPS) is 12.7. The molecule has 4 heteroatoms. The van der Waals surface area contributed by atoms with E-state index in [-0.39, 0.29) is 0 Å². The number of benzene rings is 7. The van der Waals surface area contributed by atoms with Crippen LogP contribution in [0.1, 0.15) is 33.4 Å². The summed E-state index contributed by atoms with van der Waals surface area (Å²) in [4.78, 5) is 14.8. The summed E-state index contributed by atoms with van der Waals surface area (Å²) in [7, 11) is 0. The van der Waals surface area contributed by atoms with Crippen molar-refractivity contribution >= 4 is 33.0 Å². The van der Waals surface area contributed by atoms with Crippen molar-refractivity contribution in [3.8, 4) is 44.8 Å². The van der Waals surface area contributed by atoms with Crippen LogP contribution in [0.15, 0.2) is 157 Å². The maximum Gasteiger partial charge on any atom is 0.159 e. The highest BCUT2D eigenvalue weighted by molar-refractivity contribution is 6.23. The lowest BCUT2D eigenvalue weighted by Gasteiger charge is -2.21. The number of hydrogen-bond donors (Lipinski definition) is 1. The van der Waals surface area contributed by atoms with Crippen molar-refractivity contribution in [3.63, 3.8) is 0 Å². The Balaban J connectivity index is 1.22. The molecule has 54 heavy (non-hydrogen) atoms. The van der Waals surface area contributed by atoms with E-state index in [1.54, 1.807) is 0 Å². The van der Waals surface area contributed by atoms with Crippen molar-refractivity contribution in [2.24, 2.45) is 4.99 Å². The second-order valence-electron chi connectivity index (χ2n) is 14.5. The molecule has 0 saturated heterocycles. The van der Waals surface area contributed by atoms with Crippen LogP contribution in [0.2, 0.25) is 0 Å². The number of amidine groups is 1. The van der Waals surface area contributed by atoms with Crippen LogP contribution in [0.25, 0.3) is 71.9 Å². The van der Waals surface area contributed by atoms with Crippen LogP contribution in [0, 0.1) is 27.7 Å². The van der Waals surface area contributed by atoms with E-state index in [1.807, 2.05) is 18.6 Å². The molecule has 260 valence electrons. The lowest BCUT2D eigenvalue weighted by atomic mass is 9.84. The van der Waals surface area contributed by atoms with Gasteiger partial charge in [-0.05, 0) is 100 Å². The van der Waals surface area contributed by atoms with Gasteiger partial charge in [0.2, 0.25) is 0 Å². The summed E-state index contributed by atoms with van der Waals surface area (Å²) < 4.78 is 0. The van der Waals surface area contributed by atoms with E-state index in [9.17, 15) is 0 Å². The molecule has 0 amide bonds. The molecule has 1 aliphatic heterocycles. The molecule has 1 aromatic heterocycles. The van der Waals surface area contributed by atoms with Crippen molar-refractivity contribution in [2.75, 3.05) is 6.54 Å². The van der Waals surface area contributed by atoms with Crippen molar-refractivity contribution in [3.05, 3.63) is 185 Å². The maximum atomic E-state index is 4.98. The molecule has 0 radical (unpaired) electrons. The Morgan fingerprint density at radius 2 is 0.926 bits per heavy atom. The maximum absolute atomic E-state index is 4.98. The molecule has 0 unspecified atom stereocenters. The average Bonchev–Trinajstić information content (AvgIpc) is 3.19. The Morgan fingerprint density at radius 3 is 1.44 bits per heavy atom. The van der Waals surface area contributed by atoms with Gasteiger partial charge in [0.1, 0.15) is 5.84 Å². The summed E-state index contributed by atoms with van der Waals surface area (Å²) in [5, 5.41) is 8.34. The van der Waals surface area contributed by atoms with Crippen LogP contribution < -0.4 is 5.32 Å². The van der Waals surface area contributed by atoms with Crippen LogP contribution >= 0.6 is 0 Å². The van der Waals surface area contributed by atoms with Crippen molar-refractivity contribution in [1.29, 1.82) is 0 Å². The second-order valence-corrected chi connectivity index (χ2v) is 14.5. The number of fused-ring (bicyclic) bond motifs is 2. The Labute approximate surface area is 316 Å². The van der Waals surface area contributed by atoms with Gasteiger partial charge in [0.05, 0.1) is 0 Å². The van der Waals surface area contributed by atoms with Crippen LogP contribution in [-0.4, -0.2) is 22.3 Å². The molecule has 2 heterocycles. The smallest absolute Gasteiger partial charge is 0.159 e. The summed E-state index contributed by atoms with van der Waals surface area (Å²) in [6, 6.07) is 48.2. The number of rotatable bonds is 6. The van der Waals surface area contributed by atoms with Gasteiger partial charge in [-0.15, -0.1) is 0 Å². The summed E-state index contributed by atoms with van der Waals surface area (Å²) in [5.74, 6) is 1.58. The van der Waals surface area contributed by atoms with Gasteiger partial charge in [0.25, 0.3) is 0 Å². The molecule has 0 bridgehead atoms. The third-order valence-electron chi connectivity index (χ3n) is 10.4. The van der Waals surface area contributed by atoms with Crippen LogP contribution in [0.5, 0.6) is 0 Å². The molecule has 1 N–H and O–H groups in total. The Kier molecular flexibility index (Phi) is 8.44. The fraction of sp³-hybridized carbons (Fsp3) is 0.100. The van der Waals surface area contributed by atoms with E-state index < -0.39 is 0 Å². The van der Waals surface area contributed by atoms with Gasteiger partial charge in [0, 0.05) is 41.8 Å². The number of hydrogen-bond acceptors (Lipinski definition) is 4. The number of aryl methyl sites for hydroxylation is 4. The van der Waals surface area contributed by atoms with E-state index in [2.05, 4.69) is 166 Å². The zero-order valence-electron chi connectivity index (χ0n) is 31.0. The number of aliphatic imine (C=N–C) groups is 1. The molecule has 9 rings (SSSR count). The highest BCUT2D eigenvalue weighted by Gasteiger charge is 2.20. The standard InChI is InChI=1S/C50H40N4/c1-31-19-32(2)22-39(21-31)41-27-51-49(52-28-41)37-15-17-43-45(25-37)47(35-11-7-5-8-12-35)44-18-16-38(26-46(44)48(43)36-13-9-6-10-14-36)50-53-29-42(30-54-50)40-23-33(3)20-34(4)24-40/h5-29H,30H2,1-4H3,(H,53,54). The topological polar surface area (TPSA) is 50.2 Å². The first kappa shape index (κ1) is 33.2. The molecule has 0 fully saturated rings. The van der Waals surface area contributed by atoms with Gasteiger partial charge in [-0.3, -0.25) is 0 Å². The number of nitrogens with one attached hydrogen (secondary N) is 1. The minimum Gasteiger partial charge on any atom is -0.365 e. The summed E-state index contributed by atoms with van der Waals surface area (Å²) in [6.07, 6.45) is 5.91. The fourth-order valence-corrected chi connectivity index (χ4v) is 8.04. The molecular formula is C50H40N4. The van der Waals surface area contributed by atoms with Crippen molar-refractivity contribution < 1.29 is 0 Å². The van der Waals surface area contributed by atoms with Gasteiger partial charge in [-0.1, -0.05) is 144 Å². The molecule has 0 spiro atoms. The van der Waals surface area contributed by atoms with Crippen LogP contribution in [-0.2, 0) is 0 Å². The minimum atomic E-state index is 0.704. The fourth-order valence-electron chi connectivity index (χ4n) is 8.04.